The van der Waals surface area contributed by atoms with E-state index in [1.165, 1.54) is 10.6 Å². The highest BCUT2D eigenvalue weighted by Crippen LogP contribution is 2.49. The second-order valence-corrected chi connectivity index (χ2v) is 4.55. The molecule has 16 heavy (non-hydrogen) atoms. The lowest BCUT2D eigenvalue weighted by atomic mass is 9.93. The number of carbonyl (C=O) groups excluding carboxylic acids is 1. The van der Waals surface area contributed by atoms with E-state index in [1.807, 2.05) is 0 Å². The largest absolute Gasteiger partial charge is 0.283 e. The van der Waals surface area contributed by atoms with Crippen molar-refractivity contribution in [1.82, 2.24) is 5.01 Å². The Hall–Kier alpha value is -1.35. The Bertz CT molecular complexity index is 391. The molecule has 1 aromatic rings. The Morgan fingerprint density at radius 3 is 2.31 bits per heavy atom. The number of likely N-dealkylation sites (N-methyl/N-ethyl adjacent to an activating group) is 1. The standard InChI is InChI=1S/C13H18N2O/c1-3-10-4-6-11(7-5-10)13(8-9-13)12(16)15(2)14/h4-7H,3,8-9,14H2,1-2H3. The fourth-order valence-corrected chi connectivity index (χ4v) is 2.15. The summed E-state index contributed by atoms with van der Waals surface area (Å²) in [6.45, 7) is 2.13. The van der Waals surface area contributed by atoms with E-state index < -0.39 is 0 Å². The zero-order valence-electron chi connectivity index (χ0n) is 9.86. The molecular weight excluding hydrogens is 200 g/mol. The molecule has 0 radical (unpaired) electrons. The van der Waals surface area contributed by atoms with Gasteiger partial charge in [-0.3, -0.25) is 9.80 Å². The fraction of sp³-hybridized carbons (Fsp3) is 0.462. The summed E-state index contributed by atoms with van der Waals surface area (Å²) in [6, 6.07) is 8.32. The minimum Gasteiger partial charge on any atom is -0.283 e. The van der Waals surface area contributed by atoms with Gasteiger partial charge in [-0.25, -0.2) is 5.84 Å². The van der Waals surface area contributed by atoms with E-state index in [4.69, 9.17) is 5.84 Å². The molecule has 0 spiro atoms. The molecule has 0 aliphatic heterocycles. The molecule has 0 atom stereocenters. The quantitative estimate of drug-likeness (QED) is 0.476. The Kier molecular flexibility index (Phi) is 2.72. The number of hydrazine groups is 1. The first-order valence-electron chi connectivity index (χ1n) is 5.72. The monoisotopic (exact) mass is 218 g/mol. The van der Waals surface area contributed by atoms with Crippen LogP contribution in [-0.2, 0) is 16.6 Å². The molecule has 3 nitrogen and oxygen atoms in total. The van der Waals surface area contributed by atoms with Gasteiger partial charge in [0.25, 0.3) is 0 Å². The summed E-state index contributed by atoms with van der Waals surface area (Å²) in [5, 5.41) is 1.21. The maximum Gasteiger partial charge on any atom is 0.246 e. The van der Waals surface area contributed by atoms with Gasteiger partial charge in [-0.05, 0) is 30.4 Å². The number of hydrogen-bond acceptors (Lipinski definition) is 2. The fourth-order valence-electron chi connectivity index (χ4n) is 2.15. The normalized spacial score (nSPS) is 16.9. The van der Waals surface area contributed by atoms with Crippen LogP contribution >= 0.6 is 0 Å². The summed E-state index contributed by atoms with van der Waals surface area (Å²) in [4.78, 5) is 12.0. The predicted octanol–water partition coefficient (Wildman–Crippen LogP) is 1.61. The number of benzene rings is 1. The smallest absolute Gasteiger partial charge is 0.246 e. The minimum atomic E-state index is -0.324. The number of nitrogens with two attached hydrogens (primary N) is 1. The Morgan fingerprint density at radius 2 is 1.94 bits per heavy atom. The first-order valence-corrected chi connectivity index (χ1v) is 5.72. The van der Waals surface area contributed by atoms with E-state index in [-0.39, 0.29) is 11.3 Å². The van der Waals surface area contributed by atoms with Gasteiger partial charge in [0.1, 0.15) is 0 Å². The topological polar surface area (TPSA) is 46.3 Å². The molecule has 1 fully saturated rings. The third-order valence-electron chi connectivity index (χ3n) is 3.39. The Labute approximate surface area is 96.2 Å². The van der Waals surface area contributed by atoms with Crippen LogP contribution in [0.3, 0.4) is 0 Å². The van der Waals surface area contributed by atoms with Crippen LogP contribution in [0.25, 0.3) is 0 Å². The van der Waals surface area contributed by atoms with Gasteiger partial charge in [-0.15, -0.1) is 0 Å². The molecular formula is C13H18N2O. The molecule has 0 aromatic heterocycles. The van der Waals surface area contributed by atoms with Crippen molar-refractivity contribution in [1.29, 1.82) is 0 Å². The average Bonchev–Trinajstić information content (AvgIpc) is 3.09. The van der Waals surface area contributed by atoms with Gasteiger partial charge >= 0.3 is 0 Å². The molecule has 2 rings (SSSR count). The molecule has 1 aliphatic carbocycles. The number of nitrogens with zero attached hydrogens (tertiary/aromatic N) is 1. The lowest BCUT2D eigenvalue weighted by Crippen LogP contribution is -2.41. The molecule has 0 bridgehead atoms. The third-order valence-corrected chi connectivity index (χ3v) is 3.39. The highest BCUT2D eigenvalue weighted by Gasteiger charge is 2.52. The van der Waals surface area contributed by atoms with Crippen molar-refractivity contribution in [2.24, 2.45) is 5.84 Å². The van der Waals surface area contributed by atoms with Crippen LogP contribution in [0.4, 0.5) is 0 Å². The number of aryl methyl sites for hydroxylation is 1. The zero-order chi connectivity index (χ0) is 11.8. The molecule has 0 saturated heterocycles. The van der Waals surface area contributed by atoms with Crippen molar-refractivity contribution in [2.45, 2.75) is 31.6 Å². The molecule has 1 aromatic carbocycles. The molecule has 2 N–H and O–H groups in total. The summed E-state index contributed by atoms with van der Waals surface area (Å²) in [5.41, 5.74) is 2.08. The summed E-state index contributed by atoms with van der Waals surface area (Å²) in [7, 11) is 1.61. The van der Waals surface area contributed by atoms with Crippen molar-refractivity contribution < 1.29 is 4.79 Å². The first kappa shape index (κ1) is 11.1. The lowest BCUT2D eigenvalue weighted by molar-refractivity contribution is -0.132. The molecule has 86 valence electrons. The van der Waals surface area contributed by atoms with Crippen LogP contribution in [0.1, 0.15) is 30.9 Å². The SMILES string of the molecule is CCc1ccc(C2(C(=O)N(C)N)CC2)cc1. The number of hydrogen-bond donors (Lipinski definition) is 1. The van der Waals surface area contributed by atoms with Crippen molar-refractivity contribution in [3.05, 3.63) is 35.4 Å². The van der Waals surface area contributed by atoms with Gasteiger partial charge in [-0.1, -0.05) is 31.2 Å². The van der Waals surface area contributed by atoms with Gasteiger partial charge < -0.3 is 0 Å². The number of amides is 1. The summed E-state index contributed by atoms with van der Waals surface area (Å²) >= 11 is 0. The van der Waals surface area contributed by atoms with E-state index in [2.05, 4.69) is 31.2 Å². The molecule has 1 amide bonds. The van der Waals surface area contributed by atoms with Crippen molar-refractivity contribution in [2.75, 3.05) is 7.05 Å². The first-order chi connectivity index (χ1) is 7.60. The van der Waals surface area contributed by atoms with E-state index in [0.29, 0.717) is 0 Å². The van der Waals surface area contributed by atoms with Crippen LogP contribution in [0, 0.1) is 0 Å². The van der Waals surface area contributed by atoms with Gasteiger partial charge in [0.2, 0.25) is 5.91 Å². The average molecular weight is 218 g/mol. The van der Waals surface area contributed by atoms with E-state index in [1.54, 1.807) is 7.05 Å². The molecule has 3 heteroatoms. The predicted molar refractivity (Wildman–Crippen MR) is 63.7 cm³/mol. The van der Waals surface area contributed by atoms with Gasteiger partial charge in [0.05, 0.1) is 5.41 Å². The van der Waals surface area contributed by atoms with Crippen LogP contribution < -0.4 is 5.84 Å². The lowest BCUT2D eigenvalue weighted by Gasteiger charge is -2.19. The van der Waals surface area contributed by atoms with Gasteiger partial charge in [0, 0.05) is 7.05 Å². The molecule has 0 heterocycles. The van der Waals surface area contributed by atoms with Crippen molar-refractivity contribution >= 4 is 5.91 Å². The van der Waals surface area contributed by atoms with Crippen molar-refractivity contribution in [3.8, 4) is 0 Å². The molecule has 1 aliphatic rings. The van der Waals surface area contributed by atoms with Gasteiger partial charge in [-0.2, -0.15) is 0 Å². The minimum absolute atomic E-state index is 0.0248. The molecule has 1 saturated carbocycles. The summed E-state index contributed by atoms with van der Waals surface area (Å²) in [5.74, 6) is 5.56. The van der Waals surface area contributed by atoms with Gasteiger partial charge in [0.15, 0.2) is 0 Å². The van der Waals surface area contributed by atoms with E-state index in [9.17, 15) is 4.79 Å². The Morgan fingerprint density at radius 1 is 1.38 bits per heavy atom. The third kappa shape index (κ3) is 1.71. The summed E-state index contributed by atoms with van der Waals surface area (Å²) < 4.78 is 0. The zero-order valence-corrected chi connectivity index (χ0v) is 9.86. The van der Waals surface area contributed by atoms with Crippen molar-refractivity contribution in [3.63, 3.8) is 0 Å². The Balaban J connectivity index is 2.26. The van der Waals surface area contributed by atoms with Crippen LogP contribution in [0.5, 0.6) is 0 Å². The van der Waals surface area contributed by atoms with E-state index in [0.717, 1.165) is 24.8 Å². The van der Waals surface area contributed by atoms with E-state index >= 15 is 0 Å². The second-order valence-electron chi connectivity index (χ2n) is 4.55. The van der Waals surface area contributed by atoms with Crippen LogP contribution in [0.2, 0.25) is 0 Å². The highest BCUT2D eigenvalue weighted by molar-refractivity contribution is 5.90. The van der Waals surface area contributed by atoms with Crippen LogP contribution in [-0.4, -0.2) is 18.0 Å². The number of rotatable bonds is 3. The second kappa shape index (κ2) is 3.91. The number of carbonyl (C=O) groups is 1. The molecule has 0 unspecified atom stereocenters. The summed E-state index contributed by atoms with van der Waals surface area (Å²) in [6.07, 6.45) is 2.86. The maximum atomic E-state index is 12.0. The maximum absolute atomic E-state index is 12.0. The van der Waals surface area contributed by atoms with Crippen LogP contribution in [0.15, 0.2) is 24.3 Å². The highest BCUT2D eigenvalue weighted by atomic mass is 16.2.